The zero-order valence-electron chi connectivity index (χ0n) is 15.9. The van der Waals surface area contributed by atoms with Gasteiger partial charge in [0.2, 0.25) is 5.78 Å². The third-order valence-corrected chi connectivity index (χ3v) is 5.69. The molecule has 0 radical (unpaired) electrons. The Morgan fingerprint density at radius 1 is 1.25 bits per heavy atom. The van der Waals surface area contributed by atoms with Crippen LogP contribution >= 0.6 is 23.1 Å². The van der Waals surface area contributed by atoms with E-state index in [0.29, 0.717) is 34.1 Å². The Balaban J connectivity index is 1.72. The third kappa shape index (κ3) is 4.15. The largest absolute Gasteiger partial charge is 0.453 e. The average molecular weight is 418 g/mol. The summed E-state index contributed by atoms with van der Waals surface area (Å²) in [4.78, 5) is 25.2. The van der Waals surface area contributed by atoms with E-state index >= 15 is 0 Å². The zero-order chi connectivity index (χ0) is 20.3. The molecule has 0 saturated heterocycles. The molecule has 0 aliphatic carbocycles. The predicted molar refractivity (Wildman–Crippen MR) is 108 cm³/mol. The topological polar surface area (TPSA) is 74.1 Å². The van der Waals surface area contributed by atoms with Gasteiger partial charge in [-0.3, -0.25) is 4.79 Å². The molecule has 28 heavy (non-hydrogen) atoms. The quantitative estimate of drug-likeness (QED) is 0.424. The number of aromatic nitrogens is 3. The molecule has 0 saturated carbocycles. The minimum atomic E-state index is -0.565. The van der Waals surface area contributed by atoms with Crippen molar-refractivity contribution in [1.82, 2.24) is 14.2 Å². The molecule has 0 unspecified atom stereocenters. The number of ketones is 1. The Morgan fingerprint density at radius 3 is 2.71 bits per heavy atom. The molecule has 8 heteroatoms. The van der Waals surface area contributed by atoms with Gasteiger partial charge in [0, 0.05) is 28.5 Å². The van der Waals surface area contributed by atoms with Gasteiger partial charge in [0.25, 0.3) is 0 Å². The summed E-state index contributed by atoms with van der Waals surface area (Å²) in [5.74, 6) is -0.813. The molecule has 0 amide bonds. The number of halogens is 1. The fourth-order valence-corrected chi connectivity index (χ4v) is 3.83. The molecule has 0 atom stereocenters. The van der Waals surface area contributed by atoms with Gasteiger partial charge in [-0.05, 0) is 49.5 Å². The fourth-order valence-electron chi connectivity index (χ4n) is 2.99. The van der Waals surface area contributed by atoms with E-state index in [0.717, 1.165) is 28.5 Å². The van der Waals surface area contributed by atoms with Crippen molar-refractivity contribution in [3.63, 3.8) is 0 Å². The number of esters is 1. The molecule has 1 aromatic carbocycles. The molecule has 3 aromatic rings. The van der Waals surface area contributed by atoms with Crippen LogP contribution in [0.25, 0.3) is 0 Å². The summed E-state index contributed by atoms with van der Waals surface area (Å²) < 4.78 is 11.0. The summed E-state index contributed by atoms with van der Waals surface area (Å²) in [6.45, 7) is 5.93. The minimum Gasteiger partial charge on any atom is -0.453 e. The van der Waals surface area contributed by atoms with Crippen molar-refractivity contribution in [3.05, 3.63) is 68.4 Å². The number of carbonyl (C=O) groups excluding carboxylic acids is 2. The summed E-state index contributed by atoms with van der Waals surface area (Å²) in [5.41, 5.74) is 3.84. The van der Waals surface area contributed by atoms with E-state index in [-0.39, 0.29) is 12.4 Å². The molecule has 0 aliphatic rings. The van der Waals surface area contributed by atoms with Gasteiger partial charge in [-0.15, -0.1) is 5.10 Å². The molecule has 0 fully saturated rings. The smallest absolute Gasteiger partial charge is 0.352 e. The lowest BCUT2D eigenvalue weighted by Crippen LogP contribution is -2.15. The highest BCUT2D eigenvalue weighted by atomic mass is 35.5. The van der Waals surface area contributed by atoms with E-state index in [1.165, 1.54) is 0 Å². The number of aryl methyl sites for hydroxylation is 2. The van der Waals surface area contributed by atoms with Crippen LogP contribution in [0.2, 0.25) is 5.02 Å². The number of Topliss-reactive ketones (excluding diaryl/α,β-unsaturated/α-hetero) is 1. The number of hydrogen-bond acceptors (Lipinski definition) is 6. The second kappa shape index (κ2) is 8.67. The van der Waals surface area contributed by atoms with E-state index < -0.39 is 5.97 Å². The van der Waals surface area contributed by atoms with Crippen LogP contribution in [0.15, 0.2) is 30.3 Å². The highest BCUT2D eigenvalue weighted by Crippen LogP contribution is 2.22. The fraction of sp³-hybridized carbons (Fsp3) is 0.300. The first-order valence-electron chi connectivity index (χ1n) is 8.84. The lowest BCUT2D eigenvalue weighted by Gasteiger charge is -2.11. The number of benzene rings is 1. The lowest BCUT2D eigenvalue weighted by atomic mass is 10.1. The number of nitrogens with zero attached hydrogens (tertiary/aromatic N) is 3. The van der Waals surface area contributed by atoms with Gasteiger partial charge in [-0.1, -0.05) is 41.2 Å². The van der Waals surface area contributed by atoms with Crippen LogP contribution in [0, 0.1) is 13.8 Å². The Bertz CT molecular complexity index is 1030. The van der Waals surface area contributed by atoms with Gasteiger partial charge in [-0.25, -0.2) is 4.79 Å². The summed E-state index contributed by atoms with van der Waals surface area (Å²) in [7, 11) is 0. The Morgan fingerprint density at radius 2 is 2.00 bits per heavy atom. The van der Waals surface area contributed by atoms with Crippen LogP contribution in [0.5, 0.6) is 0 Å². The Kier molecular flexibility index (Phi) is 6.26. The van der Waals surface area contributed by atoms with Crippen molar-refractivity contribution in [3.8, 4) is 0 Å². The highest BCUT2D eigenvalue weighted by molar-refractivity contribution is 7.07. The van der Waals surface area contributed by atoms with Gasteiger partial charge >= 0.3 is 5.97 Å². The van der Waals surface area contributed by atoms with Crippen molar-refractivity contribution >= 4 is 34.9 Å². The van der Waals surface area contributed by atoms with Gasteiger partial charge in [0.05, 0.1) is 5.69 Å². The average Bonchev–Trinajstić information content (AvgIpc) is 3.27. The van der Waals surface area contributed by atoms with Crippen LogP contribution < -0.4 is 0 Å². The number of ether oxygens (including phenoxy) is 1. The monoisotopic (exact) mass is 417 g/mol. The van der Waals surface area contributed by atoms with Crippen LogP contribution in [0.1, 0.15) is 49.6 Å². The van der Waals surface area contributed by atoms with Crippen LogP contribution in [0.3, 0.4) is 0 Å². The number of rotatable bonds is 7. The van der Waals surface area contributed by atoms with E-state index in [4.69, 9.17) is 16.3 Å². The van der Waals surface area contributed by atoms with Crippen LogP contribution in [0.4, 0.5) is 0 Å². The molecule has 0 aliphatic heterocycles. The summed E-state index contributed by atoms with van der Waals surface area (Å²) >= 11 is 7.24. The Hall–Kier alpha value is -2.51. The Labute approximate surface area is 172 Å². The van der Waals surface area contributed by atoms with Gasteiger partial charge in [0.15, 0.2) is 11.5 Å². The molecular weight excluding hydrogens is 398 g/mol. The molecule has 3 rings (SSSR count). The number of carbonyl (C=O) groups is 2. The second-order valence-electron chi connectivity index (χ2n) is 6.36. The van der Waals surface area contributed by atoms with Gasteiger partial charge < -0.3 is 9.30 Å². The second-order valence-corrected chi connectivity index (χ2v) is 7.53. The normalized spacial score (nSPS) is 10.9. The van der Waals surface area contributed by atoms with E-state index in [9.17, 15) is 9.59 Å². The van der Waals surface area contributed by atoms with E-state index in [1.54, 1.807) is 0 Å². The minimum absolute atomic E-state index is 0.248. The molecule has 0 spiro atoms. The standard InChI is InChI=1S/C20H20ClN3O3S/c1-4-17-19(28-23-22-17)20(26)27-11-18(25)15-9-12(2)24(13(15)3)10-14-7-5-6-8-16(14)21/h5-9H,4,10-11H2,1-3H3. The number of hydrogen-bond donors (Lipinski definition) is 0. The maximum absolute atomic E-state index is 12.6. The van der Waals surface area contributed by atoms with Crippen molar-refractivity contribution < 1.29 is 14.3 Å². The van der Waals surface area contributed by atoms with Crippen molar-refractivity contribution in [2.24, 2.45) is 0 Å². The first-order valence-corrected chi connectivity index (χ1v) is 9.99. The maximum Gasteiger partial charge on any atom is 0.352 e. The third-order valence-electron chi connectivity index (χ3n) is 4.57. The lowest BCUT2D eigenvalue weighted by molar-refractivity contribution is 0.0478. The SMILES string of the molecule is CCc1nnsc1C(=O)OCC(=O)c1cc(C)n(Cc2ccccc2Cl)c1C. The van der Waals surface area contributed by atoms with Crippen molar-refractivity contribution in [1.29, 1.82) is 0 Å². The molecule has 2 heterocycles. The predicted octanol–water partition coefficient (Wildman–Crippen LogP) is 4.26. The summed E-state index contributed by atoms with van der Waals surface area (Å²) in [6.07, 6.45) is 0.581. The van der Waals surface area contributed by atoms with Crippen LogP contribution in [-0.2, 0) is 17.7 Å². The van der Waals surface area contributed by atoms with Crippen molar-refractivity contribution in [2.45, 2.75) is 33.7 Å². The molecule has 146 valence electrons. The van der Waals surface area contributed by atoms with Crippen LogP contribution in [-0.4, -0.2) is 32.5 Å². The van der Waals surface area contributed by atoms with Crippen molar-refractivity contribution in [2.75, 3.05) is 6.61 Å². The molecule has 2 aromatic heterocycles. The first-order chi connectivity index (χ1) is 13.4. The van der Waals surface area contributed by atoms with E-state index in [2.05, 4.69) is 9.59 Å². The van der Waals surface area contributed by atoms with E-state index in [1.807, 2.05) is 55.7 Å². The first kappa shape index (κ1) is 20.2. The highest BCUT2D eigenvalue weighted by Gasteiger charge is 2.21. The zero-order valence-corrected chi connectivity index (χ0v) is 17.4. The molecule has 0 N–H and O–H groups in total. The summed E-state index contributed by atoms with van der Waals surface area (Å²) in [6, 6.07) is 9.43. The van der Waals surface area contributed by atoms with Gasteiger partial charge in [-0.2, -0.15) is 0 Å². The van der Waals surface area contributed by atoms with Gasteiger partial charge in [0.1, 0.15) is 0 Å². The maximum atomic E-state index is 12.6. The molecular formula is C20H20ClN3O3S. The summed E-state index contributed by atoms with van der Waals surface area (Å²) in [5, 5.41) is 4.57. The molecule has 6 nitrogen and oxygen atoms in total. The molecule has 0 bridgehead atoms.